The van der Waals surface area contributed by atoms with Gasteiger partial charge in [0, 0.05) is 87.3 Å². The van der Waals surface area contributed by atoms with Crippen molar-refractivity contribution in [3.05, 3.63) is 233 Å². The molecular formula is C59H52N4O9. The molecule has 0 saturated heterocycles. The summed E-state index contributed by atoms with van der Waals surface area (Å²) in [5.74, 6) is -0.0850. The van der Waals surface area contributed by atoms with E-state index in [0.717, 1.165) is 96.1 Å². The lowest BCUT2D eigenvalue weighted by Gasteiger charge is -2.01. The zero-order valence-corrected chi connectivity index (χ0v) is 38.6. The molecule has 8 aromatic rings. The molecule has 12 rings (SSSR count). The molecule has 0 fully saturated rings. The molecule has 0 spiro atoms. The zero-order chi connectivity index (χ0) is 50.3. The van der Waals surface area contributed by atoms with Crippen LogP contribution in [0.15, 0.2) is 146 Å². The number of aryl methyl sites for hydroxylation is 4. The fourth-order valence-electron chi connectivity index (χ4n) is 9.21. The van der Waals surface area contributed by atoms with Crippen LogP contribution in [0.25, 0.3) is 44.5 Å². The van der Waals surface area contributed by atoms with Gasteiger partial charge in [0.15, 0.2) is 23.1 Å². The molecule has 0 unspecified atom stereocenters. The Bertz CT molecular complexity index is 3560. The largest absolute Gasteiger partial charge is 0.400 e. The molecule has 0 atom stereocenters. The Morgan fingerprint density at radius 2 is 0.681 bits per heavy atom. The molecule has 4 aliphatic rings. The number of carbonyl (C=O) groups is 4. The number of aliphatic hydroxyl groups excluding tert-OH is 1. The lowest BCUT2D eigenvalue weighted by molar-refractivity contribution is -0.385. The molecule has 13 heteroatoms. The second-order valence-electron chi connectivity index (χ2n) is 17.0. The molecule has 0 amide bonds. The maximum absolute atomic E-state index is 12.3. The van der Waals surface area contributed by atoms with Gasteiger partial charge in [0.1, 0.15) is 0 Å². The number of anilines is 2. The Labute approximate surface area is 416 Å². The third-order valence-electron chi connectivity index (χ3n) is 12.5. The van der Waals surface area contributed by atoms with Gasteiger partial charge in [0.05, 0.1) is 9.85 Å². The van der Waals surface area contributed by atoms with Crippen LogP contribution in [-0.4, -0.2) is 45.2 Å². The number of carbonyl (C=O) groups excluding carboxylic acids is 4. The molecule has 0 bridgehead atoms. The van der Waals surface area contributed by atoms with E-state index in [-0.39, 0.29) is 49.4 Å². The van der Waals surface area contributed by atoms with Gasteiger partial charge >= 0.3 is 0 Å². The number of nitro benzene ring substituents is 2. The van der Waals surface area contributed by atoms with Crippen molar-refractivity contribution in [2.24, 2.45) is 0 Å². The monoisotopic (exact) mass is 960 g/mol. The zero-order valence-electron chi connectivity index (χ0n) is 38.6. The molecule has 0 aliphatic heterocycles. The molecule has 72 heavy (non-hydrogen) atoms. The first-order valence-electron chi connectivity index (χ1n) is 21.9. The summed E-state index contributed by atoms with van der Waals surface area (Å²) < 4.78 is 0. The molecule has 5 N–H and O–H groups in total. The number of nitrogens with zero attached hydrogens (tertiary/aromatic N) is 2. The highest BCUT2D eigenvalue weighted by Gasteiger charge is 2.31. The van der Waals surface area contributed by atoms with Gasteiger partial charge in [-0.25, -0.2) is 0 Å². The Morgan fingerprint density at radius 3 is 1.07 bits per heavy atom. The summed E-state index contributed by atoms with van der Waals surface area (Å²) in [5.41, 5.74) is 29.3. The van der Waals surface area contributed by atoms with E-state index >= 15 is 0 Å². The summed E-state index contributed by atoms with van der Waals surface area (Å²) in [6.45, 7) is 7.82. The van der Waals surface area contributed by atoms with Crippen molar-refractivity contribution in [3.8, 4) is 44.5 Å². The average Bonchev–Trinajstić information content (AvgIpc) is 4.00. The Hall–Kier alpha value is -9.20. The predicted molar refractivity (Wildman–Crippen MR) is 284 cm³/mol. The van der Waals surface area contributed by atoms with E-state index in [2.05, 4.69) is 6.07 Å². The highest BCUT2D eigenvalue weighted by Crippen LogP contribution is 2.42. The maximum Gasteiger partial charge on any atom is 0.270 e. The standard InChI is InChI=1S/2C14H9NO3.2C14H11NO.CH4O.2CH4/c1-8-2-4-11-12(6-8)10-5-3-9(15(17)18)7-13(10)14(11)16;1-8-3-2-4-11-10-6-5-9(15(17)18)7-12(10)14(16)13(8)11;1-8-2-4-11-12(6-8)10-5-3-9(15)7-13(10)14(11)16;1-8-3-2-4-11-10-6-5-9(15)7-12(10)14(16)13(8)11;1-2;;/h2*2-7H,1H3;2*2-7H,15H2,1H3;2H,1H3;2*1H4. The van der Waals surface area contributed by atoms with Crippen LogP contribution in [0.1, 0.15) is 101 Å². The van der Waals surface area contributed by atoms with Crippen molar-refractivity contribution in [2.45, 2.75) is 42.5 Å². The third-order valence-corrected chi connectivity index (χ3v) is 12.5. The number of hydrogen-bond acceptors (Lipinski definition) is 11. The number of non-ortho nitro benzene ring substituents is 2. The second-order valence-corrected chi connectivity index (χ2v) is 17.0. The topological polar surface area (TPSA) is 227 Å². The summed E-state index contributed by atoms with van der Waals surface area (Å²) in [7, 11) is 1.00. The van der Waals surface area contributed by atoms with Crippen molar-refractivity contribution < 1.29 is 34.1 Å². The van der Waals surface area contributed by atoms with Crippen molar-refractivity contribution in [2.75, 3.05) is 18.6 Å². The molecule has 0 radical (unpaired) electrons. The van der Waals surface area contributed by atoms with Gasteiger partial charge in [0.2, 0.25) is 0 Å². The Morgan fingerprint density at radius 1 is 0.361 bits per heavy atom. The molecule has 0 saturated carbocycles. The number of nitro groups is 2. The lowest BCUT2D eigenvalue weighted by atomic mass is 10.0. The van der Waals surface area contributed by atoms with Crippen molar-refractivity contribution in [3.63, 3.8) is 0 Å². The number of hydrogen-bond donors (Lipinski definition) is 3. The minimum absolute atomic E-state index is 0. The van der Waals surface area contributed by atoms with E-state index in [1.165, 1.54) is 24.3 Å². The third kappa shape index (κ3) is 9.31. The van der Waals surface area contributed by atoms with Gasteiger partial charge in [-0.3, -0.25) is 39.4 Å². The summed E-state index contributed by atoms with van der Waals surface area (Å²) in [6.07, 6.45) is 0. The van der Waals surface area contributed by atoms with Crippen LogP contribution < -0.4 is 11.5 Å². The molecular weight excluding hydrogens is 909 g/mol. The van der Waals surface area contributed by atoms with Gasteiger partial charge in [0.25, 0.3) is 11.4 Å². The predicted octanol–water partition coefficient (Wildman–Crippen LogP) is 12.7. The first kappa shape index (κ1) is 52.2. The average molecular weight is 961 g/mol. The highest BCUT2D eigenvalue weighted by atomic mass is 16.6. The van der Waals surface area contributed by atoms with Crippen LogP contribution in [0.5, 0.6) is 0 Å². The Kier molecular flexibility index (Phi) is 15.1. The quantitative estimate of drug-likeness (QED) is 0.0838. The van der Waals surface area contributed by atoms with E-state index in [0.29, 0.717) is 33.6 Å². The summed E-state index contributed by atoms with van der Waals surface area (Å²) >= 11 is 0. The number of fused-ring (bicyclic) bond motifs is 12. The highest BCUT2D eigenvalue weighted by molar-refractivity contribution is 6.24. The first-order valence-corrected chi connectivity index (χ1v) is 21.9. The van der Waals surface area contributed by atoms with Crippen LogP contribution >= 0.6 is 0 Å². The molecule has 8 aromatic carbocycles. The number of nitrogens with two attached hydrogens (primary N) is 2. The smallest absolute Gasteiger partial charge is 0.270 e. The van der Waals surface area contributed by atoms with Crippen LogP contribution in [-0.2, 0) is 0 Å². The number of benzene rings is 8. The maximum atomic E-state index is 12.3. The van der Waals surface area contributed by atoms with Crippen molar-refractivity contribution in [1.82, 2.24) is 0 Å². The van der Waals surface area contributed by atoms with E-state index in [1.807, 2.05) is 113 Å². The van der Waals surface area contributed by atoms with E-state index < -0.39 is 9.85 Å². The van der Waals surface area contributed by atoms with Crippen LogP contribution in [0.2, 0.25) is 0 Å². The molecule has 13 nitrogen and oxygen atoms in total. The SMILES string of the molecule is C.C.CO.Cc1ccc2c(c1)-c1ccc(N)cc1C2=O.Cc1ccc2c(c1)-c1ccc([N+](=O)[O-])cc1C2=O.Cc1cccc2c1C(=O)c1cc(N)ccc1-2.Cc1cccc2c1C(=O)c1cc([N+](=O)[O-])ccc1-2. The van der Waals surface area contributed by atoms with Gasteiger partial charge in [-0.2, -0.15) is 0 Å². The number of rotatable bonds is 2. The van der Waals surface area contributed by atoms with Crippen LogP contribution in [0, 0.1) is 47.9 Å². The molecule has 0 aromatic heterocycles. The molecule has 362 valence electrons. The second kappa shape index (κ2) is 20.8. The van der Waals surface area contributed by atoms with Crippen molar-refractivity contribution in [1.29, 1.82) is 0 Å². The van der Waals surface area contributed by atoms with Crippen molar-refractivity contribution >= 4 is 45.9 Å². The number of nitrogen functional groups attached to an aromatic ring is 2. The first-order chi connectivity index (χ1) is 33.5. The van der Waals surface area contributed by atoms with E-state index in [4.69, 9.17) is 16.6 Å². The van der Waals surface area contributed by atoms with Crippen LogP contribution in [0.3, 0.4) is 0 Å². The van der Waals surface area contributed by atoms with Gasteiger partial charge in [-0.15, -0.1) is 0 Å². The summed E-state index contributed by atoms with van der Waals surface area (Å²) in [4.78, 5) is 69.2. The molecule has 4 aliphatic carbocycles. The van der Waals surface area contributed by atoms with Crippen LogP contribution in [0.4, 0.5) is 22.7 Å². The van der Waals surface area contributed by atoms with E-state index in [1.54, 1.807) is 30.3 Å². The molecule has 0 heterocycles. The Balaban J connectivity index is 0.000000154. The minimum atomic E-state index is -0.484. The minimum Gasteiger partial charge on any atom is -0.400 e. The van der Waals surface area contributed by atoms with Gasteiger partial charge in [-0.1, -0.05) is 111 Å². The van der Waals surface area contributed by atoms with Gasteiger partial charge < -0.3 is 16.6 Å². The summed E-state index contributed by atoms with van der Waals surface area (Å²) in [5, 5.41) is 28.5. The van der Waals surface area contributed by atoms with Gasteiger partial charge in [-0.05, 0) is 120 Å². The van der Waals surface area contributed by atoms with E-state index in [9.17, 15) is 39.4 Å². The number of ketones is 4. The fraction of sp³-hybridized carbons (Fsp3) is 0.119. The lowest BCUT2D eigenvalue weighted by Crippen LogP contribution is -1.98. The summed E-state index contributed by atoms with van der Waals surface area (Å²) in [6, 6.07) is 43.0. The number of aliphatic hydroxyl groups is 1. The fourth-order valence-corrected chi connectivity index (χ4v) is 9.21. The normalized spacial score (nSPS) is 11.7.